The fourth-order valence-electron chi connectivity index (χ4n) is 3.50. The lowest BCUT2D eigenvalue weighted by Crippen LogP contribution is -2.45. The quantitative estimate of drug-likeness (QED) is 0.648. The topological polar surface area (TPSA) is 68.3 Å². The van der Waals surface area contributed by atoms with Gasteiger partial charge >= 0.3 is 0 Å². The number of benzene rings is 1. The predicted molar refractivity (Wildman–Crippen MR) is 98.8 cm³/mol. The van der Waals surface area contributed by atoms with Crippen molar-refractivity contribution in [1.29, 1.82) is 0 Å². The van der Waals surface area contributed by atoms with Crippen molar-refractivity contribution in [2.24, 2.45) is 0 Å². The maximum absolute atomic E-state index is 14.2. The molecule has 0 amide bonds. The standard InChI is InChI=1S/C18H27FN2O5S/c1-20(6-3-9-24-2)27(22,23)17-13-15(19)12-16(14-17)21-7-4-18(5-8-21)25-10-11-26-18/h12-14H,3-11H2,1-2H3. The summed E-state index contributed by atoms with van der Waals surface area (Å²) in [5.74, 6) is -1.09. The van der Waals surface area contributed by atoms with E-state index in [1.54, 1.807) is 13.2 Å². The SMILES string of the molecule is COCCCN(C)S(=O)(=O)c1cc(F)cc(N2CCC3(CC2)OCCO3)c1. The Hall–Kier alpha value is -1.26. The summed E-state index contributed by atoms with van der Waals surface area (Å²) in [6, 6.07) is 3.98. The van der Waals surface area contributed by atoms with Gasteiger partial charge in [0.2, 0.25) is 10.0 Å². The molecule has 1 spiro atoms. The normalized spacial score (nSPS) is 19.9. The molecule has 2 fully saturated rings. The molecule has 2 saturated heterocycles. The van der Waals surface area contributed by atoms with Gasteiger partial charge in [-0.25, -0.2) is 17.1 Å². The Labute approximate surface area is 160 Å². The molecule has 1 aromatic rings. The van der Waals surface area contributed by atoms with Crippen LogP contribution in [0.4, 0.5) is 10.1 Å². The molecular weight excluding hydrogens is 375 g/mol. The number of hydrogen-bond acceptors (Lipinski definition) is 6. The van der Waals surface area contributed by atoms with E-state index in [1.165, 1.54) is 17.4 Å². The average molecular weight is 402 g/mol. The van der Waals surface area contributed by atoms with Gasteiger partial charge in [0, 0.05) is 58.9 Å². The Balaban J connectivity index is 1.74. The van der Waals surface area contributed by atoms with Crippen LogP contribution in [-0.2, 0) is 24.2 Å². The number of methoxy groups -OCH3 is 1. The second-order valence-corrected chi connectivity index (χ2v) is 8.96. The minimum atomic E-state index is -3.76. The van der Waals surface area contributed by atoms with Crippen molar-refractivity contribution in [2.75, 3.05) is 58.5 Å². The summed E-state index contributed by atoms with van der Waals surface area (Å²) < 4.78 is 57.4. The van der Waals surface area contributed by atoms with E-state index in [0.717, 1.165) is 6.07 Å². The van der Waals surface area contributed by atoms with Gasteiger partial charge in [0.1, 0.15) is 5.82 Å². The third kappa shape index (κ3) is 4.60. The van der Waals surface area contributed by atoms with Crippen LogP contribution in [0.25, 0.3) is 0 Å². The molecule has 0 unspecified atom stereocenters. The smallest absolute Gasteiger partial charge is 0.242 e. The van der Waals surface area contributed by atoms with E-state index in [2.05, 4.69) is 0 Å². The molecule has 0 radical (unpaired) electrons. The van der Waals surface area contributed by atoms with Crippen molar-refractivity contribution < 1.29 is 27.0 Å². The minimum absolute atomic E-state index is 0.0360. The first-order valence-electron chi connectivity index (χ1n) is 9.15. The van der Waals surface area contributed by atoms with Crippen LogP contribution in [-0.4, -0.2) is 72.1 Å². The van der Waals surface area contributed by atoms with E-state index in [4.69, 9.17) is 14.2 Å². The van der Waals surface area contributed by atoms with Crippen LogP contribution in [0.3, 0.4) is 0 Å². The van der Waals surface area contributed by atoms with Gasteiger partial charge in [-0.1, -0.05) is 0 Å². The van der Waals surface area contributed by atoms with Crippen molar-refractivity contribution >= 4 is 15.7 Å². The van der Waals surface area contributed by atoms with Gasteiger partial charge in [-0.05, 0) is 24.6 Å². The summed E-state index contributed by atoms with van der Waals surface area (Å²) in [6.45, 7) is 3.20. The minimum Gasteiger partial charge on any atom is -0.385 e. The van der Waals surface area contributed by atoms with Crippen LogP contribution < -0.4 is 4.90 Å². The number of anilines is 1. The first kappa shape index (κ1) is 20.5. The molecule has 7 nitrogen and oxygen atoms in total. The fourth-order valence-corrected chi connectivity index (χ4v) is 4.76. The highest BCUT2D eigenvalue weighted by Crippen LogP contribution is 2.34. The molecule has 1 aromatic carbocycles. The van der Waals surface area contributed by atoms with Crippen molar-refractivity contribution in [1.82, 2.24) is 4.31 Å². The maximum Gasteiger partial charge on any atom is 0.242 e. The Kier molecular flexibility index (Phi) is 6.37. The Morgan fingerprint density at radius 1 is 1.22 bits per heavy atom. The lowest BCUT2D eigenvalue weighted by Gasteiger charge is -2.38. The average Bonchev–Trinajstić information content (AvgIpc) is 3.10. The zero-order valence-electron chi connectivity index (χ0n) is 15.8. The van der Waals surface area contributed by atoms with E-state index in [1.807, 2.05) is 4.90 Å². The number of rotatable bonds is 7. The summed E-state index contributed by atoms with van der Waals surface area (Å²) in [4.78, 5) is 1.94. The summed E-state index contributed by atoms with van der Waals surface area (Å²) in [5.41, 5.74) is 0.562. The van der Waals surface area contributed by atoms with Crippen LogP contribution in [0, 0.1) is 5.82 Å². The molecule has 152 valence electrons. The molecule has 9 heteroatoms. The molecular formula is C18H27FN2O5S. The molecule has 0 aromatic heterocycles. The van der Waals surface area contributed by atoms with Gasteiger partial charge in [-0.3, -0.25) is 0 Å². The van der Waals surface area contributed by atoms with E-state index in [0.29, 0.717) is 64.4 Å². The number of hydrogen-bond donors (Lipinski definition) is 0. The zero-order chi connectivity index (χ0) is 19.5. The summed E-state index contributed by atoms with van der Waals surface area (Å²) in [5, 5.41) is 0. The van der Waals surface area contributed by atoms with Gasteiger partial charge in [0.05, 0.1) is 18.1 Å². The molecule has 0 saturated carbocycles. The van der Waals surface area contributed by atoms with Crippen LogP contribution in [0.5, 0.6) is 0 Å². The van der Waals surface area contributed by atoms with Crippen molar-refractivity contribution in [3.05, 3.63) is 24.0 Å². The second-order valence-electron chi connectivity index (χ2n) is 6.91. The van der Waals surface area contributed by atoms with Crippen molar-refractivity contribution in [3.8, 4) is 0 Å². The first-order chi connectivity index (χ1) is 12.9. The van der Waals surface area contributed by atoms with E-state index >= 15 is 0 Å². The third-order valence-electron chi connectivity index (χ3n) is 5.09. The van der Waals surface area contributed by atoms with E-state index in [9.17, 15) is 12.8 Å². The van der Waals surface area contributed by atoms with Gasteiger partial charge in [-0.15, -0.1) is 0 Å². The molecule has 0 N–H and O–H groups in total. The molecule has 2 heterocycles. The van der Waals surface area contributed by atoms with Crippen LogP contribution >= 0.6 is 0 Å². The highest BCUT2D eigenvalue weighted by atomic mass is 32.2. The molecule has 0 atom stereocenters. The number of sulfonamides is 1. The van der Waals surface area contributed by atoms with Crippen LogP contribution in [0.2, 0.25) is 0 Å². The zero-order valence-corrected chi connectivity index (χ0v) is 16.6. The Morgan fingerprint density at radius 3 is 2.52 bits per heavy atom. The summed E-state index contributed by atoms with van der Waals surface area (Å²) in [6.07, 6.45) is 1.91. The number of piperidine rings is 1. The van der Waals surface area contributed by atoms with Gasteiger partial charge in [-0.2, -0.15) is 0 Å². The van der Waals surface area contributed by atoms with Crippen LogP contribution in [0.15, 0.2) is 23.1 Å². The molecule has 0 aliphatic carbocycles. The molecule has 3 rings (SSSR count). The number of nitrogens with zero attached hydrogens (tertiary/aromatic N) is 2. The highest BCUT2D eigenvalue weighted by Gasteiger charge is 2.40. The summed E-state index contributed by atoms with van der Waals surface area (Å²) >= 11 is 0. The largest absolute Gasteiger partial charge is 0.385 e. The van der Waals surface area contributed by atoms with Crippen molar-refractivity contribution in [2.45, 2.75) is 29.9 Å². The fraction of sp³-hybridized carbons (Fsp3) is 0.667. The van der Waals surface area contributed by atoms with E-state index < -0.39 is 21.6 Å². The van der Waals surface area contributed by atoms with Gasteiger partial charge in [0.15, 0.2) is 5.79 Å². The predicted octanol–water partition coefficient (Wildman–Crippen LogP) is 1.83. The first-order valence-corrected chi connectivity index (χ1v) is 10.6. The second kappa shape index (κ2) is 8.40. The molecule has 27 heavy (non-hydrogen) atoms. The van der Waals surface area contributed by atoms with E-state index in [-0.39, 0.29) is 4.90 Å². The Bertz CT molecular complexity index is 742. The Morgan fingerprint density at radius 2 is 1.89 bits per heavy atom. The lowest BCUT2D eigenvalue weighted by atomic mass is 10.0. The lowest BCUT2D eigenvalue weighted by molar-refractivity contribution is -0.169. The molecule has 0 bridgehead atoms. The number of halogens is 1. The monoisotopic (exact) mass is 402 g/mol. The van der Waals surface area contributed by atoms with Gasteiger partial charge < -0.3 is 19.1 Å². The molecule has 2 aliphatic rings. The third-order valence-corrected chi connectivity index (χ3v) is 6.92. The molecule has 2 aliphatic heterocycles. The maximum atomic E-state index is 14.2. The summed E-state index contributed by atoms with van der Waals surface area (Å²) in [7, 11) is -0.701. The van der Waals surface area contributed by atoms with Crippen LogP contribution in [0.1, 0.15) is 19.3 Å². The van der Waals surface area contributed by atoms with Gasteiger partial charge in [0.25, 0.3) is 0 Å². The number of ether oxygens (including phenoxy) is 3. The van der Waals surface area contributed by atoms with Crippen molar-refractivity contribution in [3.63, 3.8) is 0 Å². The highest BCUT2D eigenvalue weighted by molar-refractivity contribution is 7.89.